The lowest BCUT2D eigenvalue weighted by atomic mass is 9.80. The molecule has 1 fully saturated rings. The van der Waals surface area contributed by atoms with Crippen LogP contribution in [0.3, 0.4) is 0 Å². The lowest BCUT2D eigenvalue weighted by Crippen LogP contribution is -2.49. The maximum absolute atomic E-state index is 12.3. The number of sulfonamides is 1. The summed E-state index contributed by atoms with van der Waals surface area (Å²) in [5.74, 6) is 0. The molecule has 0 unspecified atom stereocenters. The van der Waals surface area contributed by atoms with Crippen molar-refractivity contribution >= 4 is 15.7 Å². The fraction of sp³-hybridized carbons (Fsp3) is 0.571. The van der Waals surface area contributed by atoms with Crippen LogP contribution in [0.5, 0.6) is 0 Å². The number of nitrogens with one attached hydrogen (secondary N) is 1. The number of ether oxygens (including phenoxy) is 1. The minimum Gasteiger partial charge on any atom is -0.398 e. The summed E-state index contributed by atoms with van der Waals surface area (Å²) >= 11 is 0. The molecule has 1 saturated carbocycles. The van der Waals surface area contributed by atoms with Crippen molar-refractivity contribution in [3.63, 3.8) is 0 Å². The zero-order valence-electron chi connectivity index (χ0n) is 12.0. The molecule has 20 heavy (non-hydrogen) atoms. The first kappa shape index (κ1) is 15.3. The van der Waals surface area contributed by atoms with Crippen molar-refractivity contribution < 1.29 is 13.2 Å². The van der Waals surface area contributed by atoms with E-state index in [1.54, 1.807) is 19.2 Å². The summed E-state index contributed by atoms with van der Waals surface area (Å²) < 4.78 is 32.6. The van der Waals surface area contributed by atoms with Gasteiger partial charge in [0.25, 0.3) is 0 Å². The van der Waals surface area contributed by atoms with E-state index >= 15 is 0 Å². The van der Waals surface area contributed by atoms with Gasteiger partial charge in [-0.2, -0.15) is 0 Å². The molecule has 0 aliphatic heterocycles. The van der Waals surface area contributed by atoms with Crippen molar-refractivity contribution in [1.29, 1.82) is 0 Å². The Balaban J connectivity index is 2.12. The Morgan fingerprint density at radius 2 is 2.10 bits per heavy atom. The first-order chi connectivity index (χ1) is 9.42. The van der Waals surface area contributed by atoms with Crippen molar-refractivity contribution in [1.82, 2.24) is 4.72 Å². The number of aryl methyl sites for hydroxylation is 1. The Morgan fingerprint density at radius 3 is 2.55 bits per heavy atom. The number of benzene rings is 1. The third-order valence-electron chi connectivity index (χ3n) is 4.09. The normalized spacial score (nSPS) is 17.7. The third kappa shape index (κ3) is 2.97. The minimum absolute atomic E-state index is 0.206. The average Bonchev–Trinajstić information content (AvgIpc) is 2.38. The molecule has 0 amide bonds. The topological polar surface area (TPSA) is 81.4 Å². The zero-order chi connectivity index (χ0) is 14.8. The molecule has 0 spiro atoms. The SMILES string of the molecule is CCc1ccc(S(=O)(=O)NCC2(OC)CCC2)cc1N. The maximum atomic E-state index is 12.3. The average molecular weight is 298 g/mol. The van der Waals surface area contributed by atoms with Gasteiger partial charge < -0.3 is 10.5 Å². The molecular weight excluding hydrogens is 276 g/mol. The Bertz CT molecular complexity index is 575. The van der Waals surface area contributed by atoms with Crippen LogP contribution in [0.2, 0.25) is 0 Å². The summed E-state index contributed by atoms with van der Waals surface area (Å²) in [6, 6.07) is 4.87. The molecule has 1 aliphatic carbocycles. The largest absolute Gasteiger partial charge is 0.398 e. The zero-order valence-corrected chi connectivity index (χ0v) is 12.8. The van der Waals surface area contributed by atoms with Gasteiger partial charge in [-0.15, -0.1) is 0 Å². The van der Waals surface area contributed by atoms with Gasteiger partial charge in [-0.3, -0.25) is 0 Å². The Kier molecular flexibility index (Phi) is 4.36. The van der Waals surface area contributed by atoms with E-state index in [0.717, 1.165) is 31.2 Å². The smallest absolute Gasteiger partial charge is 0.240 e. The molecule has 2 rings (SSSR count). The summed E-state index contributed by atoms with van der Waals surface area (Å²) in [4.78, 5) is 0.206. The Morgan fingerprint density at radius 1 is 1.40 bits per heavy atom. The standard InChI is InChI=1S/C14H22N2O3S/c1-3-11-5-6-12(9-13(11)15)20(17,18)16-10-14(19-2)7-4-8-14/h5-6,9,16H,3-4,7-8,10,15H2,1-2H3. The van der Waals surface area contributed by atoms with Crippen LogP contribution < -0.4 is 10.5 Å². The molecule has 1 aromatic rings. The lowest BCUT2D eigenvalue weighted by Gasteiger charge is -2.40. The summed E-state index contributed by atoms with van der Waals surface area (Å²) in [6.07, 6.45) is 3.64. The minimum atomic E-state index is -3.54. The van der Waals surface area contributed by atoms with Gasteiger partial charge in [0, 0.05) is 19.3 Å². The second-order valence-electron chi connectivity index (χ2n) is 5.28. The van der Waals surface area contributed by atoms with Crippen LogP contribution in [0.15, 0.2) is 23.1 Å². The van der Waals surface area contributed by atoms with Crippen molar-refractivity contribution in [3.8, 4) is 0 Å². The summed E-state index contributed by atoms with van der Waals surface area (Å²) in [6.45, 7) is 2.29. The predicted molar refractivity (Wildman–Crippen MR) is 79.0 cm³/mol. The first-order valence-electron chi connectivity index (χ1n) is 6.86. The van der Waals surface area contributed by atoms with Crippen LogP contribution in [-0.4, -0.2) is 27.7 Å². The monoisotopic (exact) mass is 298 g/mol. The molecule has 0 heterocycles. The third-order valence-corrected chi connectivity index (χ3v) is 5.49. The highest BCUT2D eigenvalue weighted by atomic mass is 32.2. The summed E-state index contributed by atoms with van der Waals surface area (Å²) in [5, 5.41) is 0. The highest BCUT2D eigenvalue weighted by Gasteiger charge is 2.38. The van der Waals surface area contributed by atoms with E-state index in [1.165, 1.54) is 6.07 Å². The van der Waals surface area contributed by atoms with E-state index in [1.807, 2.05) is 6.92 Å². The van der Waals surface area contributed by atoms with Gasteiger partial charge in [0.15, 0.2) is 0 Å². The number of nitrogen functional groups attached to an aromatic ring is 1. The maximum Gasteiger partial charge on any atom is 0.240 e. The molecule has 0 saturated heterocycles. The van der Waals surface area contributed by atoms with Crippen molar-refractivity contribution in [2.24, 2.45) is 0 Å². The number of anilines is 1. The number of methoxy groups -OCH3 is 1. The summed E-state index contributed by atoms with van der Waals surface area (Å²) in [7, 11) is -1.91. The number of rotatable bonds is 6. The van der Waals surface area contributed by atoms with E-state index in [-0.39, 0.29) is 10.5 Å². The van der Waals surface area contributed by atoms with Gasteiger partial charge in [-0.1, -0.05) is 13.0 Å². The van der Waals surface area contributed by atoms with Gasteiger partial charge in [0.2, 0.25) is 10.0 Å². The van der Waals surface area contributed by atoms with Crippen LogP contribution in [0, 0.1) is 0 Å². The van der Waals surface area contributed by atoms with Crippen molar-refractivity contribution in [2.75, 3.05) is 19.4 Å². The molecule has 5 nitrogen and oxygen atoms in total. The molecule has 0 radical (unpaired) electrons. The van der Waals surface area contributed by atoms with Gasteiger partial charge in [-0.25, -0.2) is 13.1 Å². The second kappa shape index (κ2) is 5.71. The lowest BCUT2D eigenvalue weighted by molar-refractivity contribution is -0.0659. The van der Waals surface area contributed by atoms with Crippen molar-refractivity contribution in [3.05, 3.63) is 23.8 Å². The number of hydrogen-bond donors (Lipinski definition) is 2. The van der Waals surface area contributed by atoms with Crippen LogP contribution in [0.25, 0.3) is 0 Å². The van der Waals surface area contributed by atoms with Gasteiger partial charge in [-0.05, 0) is 43.4 Å². The Labute approximate surface area is 120 Å². The van der Waals surface area contributed by atoms with Crippen LogP contribution in [-0.2, 0) is 21.2 Å². The molecule has 0 atom stereocenters. The summed E-state index contributed by atoms with van der Waals surface area (Å²) in [5.41, 5.74) is 6.99. The molecule has 6 heteroatoms. The van der Waals surface area contributed by atoms with Gasteiger partial charge in [0.1, 0.15) is 0 Å². The molecule has 0 aromatic heterocycles. The second-order valence-corrected chi connectivity index (χ2v) is 7.05. The molecule has 1 aromatic carbocycles. The van der Waals surface area contributed by atoms with Crippen molar-refractivity contribution in [2.45, 2.75) is 43.1 Å². The van der Waals surface area contributed by atoms with Crippen LogP contribution in [0.4, 0.5) is 5.69 Å². The van der Waals surface area contributed by atoms with Crippen LogP contribution >= 0.6 is 0 Å². The quantitative estimate of drug-likeness (QED) is 0.783. The molecule has 3 N–H and O–H groups in total. The van der Waals surface area contributed by atoms with E-state index in [4.69, 9.17) is 10.5 Å². The van der Waals surface area contributed by atoms with E-state index in [9.17, 15) is 8.42 Å². The number of hydrogen-bond acceptors (Lipinski definition) is 4. The molecular formula is C14H22N2O3S. The van der Waals surface area contributed by atoms with E-state index in [2.05, 4.69) is 4.72 Å². The fourth-order valence-electron chi connectivity index (χ4n) is 2.40. The molecule has 1 aliphatic rings. The van der Waals surface area contributed by atoms with E-state index < -0.39 is 10.0 Å². The predicted octanol–water partition coefficient (Wildman–Crippen LogP) is 1.68. The van der Waals surface area contributed by atoms with Gasteiger partial charge in [0.05, 0.1) is 10.5 Å². The molecule has 0 bridgehead atoms. The number of nitrogens with two attached hydrogens (primary N) is 1. The highest BCUT2D eigenvalue weighted by Crippen LogP contribution is 2.34. The first-order valence-corrected chi connectivity index (χ1v) is 8.34. The van der Waals surface area contributed by atoms with E-state index in [0.29, 0.717) is 12.2 Å². The molecule has 112 valence electrons. The van der Waals surface area contributed by atoms with Gasteiger partial charge >= 0.3 is 0 Å². The fourth-order valence-corrected chi connectivity index (χ4v) is 3.55. The Hall–Kier alpha value is -1.11. The van der Waals surface area contributed by atoms with Crippen LogP contribution in [0.1, 0.15) is 31.7 Å². The highest BCUT2D eigenvalue weighted by molar-refractivity contribution is 7.89.